The minimum Gasteiger partial charge on any atom is -0.354 e. The maximum Gasteiger partial charge on any atom is 0.226 e. The van der Waals surface area contributed by atoms with Crippen LogP contribution < -0.4 is 10.6 Å². The van der Waals surface area contributed by atoms with E-state index in [2.05, 4.69) is 15.6 Å². The molecule has 0 bridgehead atoms. The summed E-state index contributed by atoms with van der Waals surface area (Å²) < 4.78 is 0. The van der Waals surface area contributed by atoms with E-state index in [4.69, 9.17) is 0 Å². The number of amides is 2. The van der Waals surface area contributed by atoms with Crippen molar-refractivity contribution in [2.45, 2.75) is 13.3 Å². The molecular formula is C17H22N4O2S. The van der Waals surface area contributed by atoms with Gasteiger partial charge in [-0.05, 0) is 38.4 Å². The van der Waals surface area contributed by atoms with Crippen molar-refractivity contribution in [2.75, 3.05) is 32.5 Å². The summed E-state index contributed by atoms with van der Waals surface area (Å²) in [5.74, 6) is -0.116. The molecule has 1 aromatic heterocycles. The maximum absolute atomic E-state index is 11.9. The second-order valence-electron chi connectivity index (χ2n) is 5.73. The van der Waals surface area contributed by atoms with E-state index in [0.29, 0.717) is 6.54 Å². The van der Waals surface area contributed by atoms with Gasteiger partial charge in [0.15, 0.2) is 0 Å². The number of thiazole rings is 1. The fraction of sp³-hybridized carbons (Fsp3) is 0.353. The van der Waals surface area contributed by atoms with Crippen LogP contribution in [0.4, 0.5) is 5.69 Å². The van der Waals surface area contributed by atoms with Gasteiger partial charge < -0.3 is 15.5 Å². The predicted octanol–water partition coefficient (Wildman–Crippen LogP) is 1.99. The van der Waals surface area contributed by atoms with Crippen molar-refractivity contribution in [3.8, 4) is 10.6 Å². The number of carbonyl (C=O) groups excluding carboxylic acids is 2. The molecule has 1 heterocycles. The second-order valence-corrected chi connectivity index (χ2v) is 6.59. The summed E-state index contributed by atoms with van der Waals surface area (Å²) in [6.45, 7) is 2.92. The number of benzene rings is 1. The van der Waals surface area contributed by atoms with Crippen LogP contribution in [0.3, 0.4) is 0 Å². The fourth-order valence-electron chi connectivity index (χ4n) is 2.07. The van der Waals surface area contributed by atoms with Gasteiger partial charge in [-0.1, -0.05) is 0 Å². The maximum atomic E-state index is 11.9. The lowest BCUT2D eigenvalue weighted by Crippen LogP contribution is -2.32. The SMILES string of the molecule is CC(=O)Nc1ccc(-c2nc(CC(=O)NCCN(C)C)cs2)cc1. The summed E-state index contributed by atoms with van der Waals surface area (Å²) in [5, 5.41) is 8.38. The summed E-state index contributed by atoms with van der Waals surface area (Å²) in [6, 6.07) is 7.49. The number of rotatable bonds is 7. The fourth-order valence-corrected chi connectivity index (χ4v) is 2.89. The lowest BCUT2D eigenvalue weighted by Gasteiger charge is -2.09. The highest BCUT2D eigenvalue weighted by molar-refractivity contribution is 7.13. The molecule has 0 radical (unpaired) electrons. The molecule has 0 aliphatic heterocycles. The van der Waals surface area contributed by atoms with Gasteiger partial charge in [0.05, 0.1) is 12.1 Å². The first-order valence-electron chi connectivity index (χ1n) is 7.68. The number of nitrogens with one attached hydrogen (secondary N) is 2. The Labute approximate surface area is 145 Å². The average Bonchev–Trinajstić information content (AvgIpc) is 2.95. The highest BCUT2D eigenvalue weighted by Crippen LogP contribution is 2.25. The molecule has 0 saturated heterocycles. The van der Waals surface area contributed by atoms with Gasteiger partial charge in [-0.25, -0.2) is 4.98 Å². The molecule has 24 heavy (non-hydrogen) atoms. The van der Waals surface area contributed by atoms with Crippen molar-refractivity contribution in [2.24, 2.45) is 0 Å². The molecule has 2 aromatic rings. The molecule has 2 N–H and O–H groups in total. The Bertz CT molecular complexity index is 695. The normalized spacial score (nSPS) is 10.7. The first-order chi connectivity index (χ1) is 11.4. The molecule has 0 aliphatic rings. The number of anilines is 1. The predicted molar refractivity (Wildman–Crippen MR) is 97.1 cm³/mol. The third kappa shape index (κ3) is 5.75. The summed E-state index contributed by atoms with van der Waals surface area (Å²) in [4.78, 5) is 29.4. The zero-order valence-corrected chi connectivity index (χ0v) is 14.9. The molecule has 0 fully saturated rings. The van der Waals surface area contributed by atoms with Gasteiger partial charge in [-0.15, -0.1) is 11.3 Å². The van der Waals surface area contributed by atoms with E-state index in [1.54, 1.807) is 0 Å². The molecule has 1 aromatic carbocycles. The Kier molecular flexibility index (Phi) is 6.45. The van der Waals surface area contributed by atoms with Gasteiger partial charge in [-0.3, -0.25) is 9.59 Å². The lowest BCUT2D eigenvalue weighted by molar-refractivity contribution is -0.120. The summed E-state index contributed by atoms with van der Waals surface area (Å²) >= 11 is 1.51. The minimum atomic E-state index is -0.0976. The van der Waals surface area contributed by atoms with Crippen LogP contribution >= 0.6 is 11.3 Å². The molecule has 2 amide bonds. The first kappa shape index (κ1) is 18.1. The van der Waals surface area contributed by atoms with Gasteiger partial charge in [0.25, 0.3) is 0 Å². The number of carbonyl (C=O) groups is 2. The second kappa shape index (κ2) is 8.56. The monoisotopic (exact) mass is 346 g/mol. The zero-order chi connectivity index (χ0) is 17.5. The zero-order valence-electron chi connectivity index (χ0n) is 14.1. The van der Waals surface area contributed by atoms with Crippen LogP contribution in [-0.2, 0) is 16.0 Å². The smallest absolute Gasteiger partial charge is 0.226 e. The van der Waals surface area contributed by atoms with Crippen molar-refractivity contribution >= 4 is 28.8 Å². The molecule has 6 nitrogen and oxygen atoms in total. The third-order valence-corrected chi connectivity index (χ3v) is 4.17. The molecule has 0 aliphatic carbocycles. The third-order valence-electron chi connectivity index (χ3n) is 3.23. The molecule has 0 saturated carbocycles. The van der Waals surface area contributed by atoms with E-state index in [1.165, 1.54) is 18.3 Å². The van der Waals surface area contributed by atoms with Crippen molar-refractivity contribution in [3.63, 3.8) is 0 Å². The Morgan fingerprint density at radius 3 is 2.54 bits per heavy atom. The van der Waals surface area contributed by atoms with Crippen LogP contribution in [0.15, 0.2) is 29.6 Å². The largest absolute Gasteiger partial charge is 0.354 e. The van der Waals surface area contributed by atoms with Gasteiger partial charge in [0.2, 0.25) is 11.8 Å². The van der Waals surface area contributed by atoms with E-state index in [9.17, 15) is 9.59 Å². The average molecular weight is 346 g/mol. The number of hydrogen-bond acceptors (Lipinski definition) is 5. The Balaban J connectivity index is 1.92. The van der Waals surface area contributed by atoms with Crippen molar-refractivity contribution in [1.82, 2.24) is 15.2 Å². The van der Waals surface area contributed by atoms with Crippen molar-refractivity contribution in [3.05, 3.63) is 35.3 Å². The summed E-state index contributed by atoms with van der Waals surface area (Å²) in [5.41, 5.74) is 2.49. The minimum absolute atomic E-state index is 0.0188. The summed E-state index contributed by atoms with van der Waals surface area (Å²) in [7, 11) is 3.94. The Hall–Kier alpha value is -2.25. The van der Waals surface area contributed by atoms with E-state index in [1.807, 2.05) is 48.6 Å². The van der Waals surface area contributed by atoms with Gasteiger partial charge >= 0.3 is 0 Å². The van der Waals surface area contributed by atoms with Crippen LogP contribution in [0, 0.1) is 0 Å². The van der Waals surface area contributed by atoms with E-state index >= 15 is 0 Å². The Morgan fingerprint density at radius 2 is 1.92 bits per heavy atom. The molecule has 0 unspecified atom stereocenters. The van der Waals surface area contributed by atoms with E-state index in [-0.39, 0.29) is 18.2 Å². The van der Waals surface area contributed by atoms with Crippen LogP contribution in [0.2, 0.25) is 0 Å². The van der Waals surface area contributed by atoms with E-state index in [0.717, 1.165) is 28.5 Å². The molecule has 2 rings (SSSR count). The first-order valence-corrected chi connectivity index (χ1v) is 8.56. The molecule has 128 valence electrons. The number of likely N-dealkylation sites (N-methyl/N-ethyl adjacent to an activating group) is 1. The van der Waals surface area contributed by atoms with Gasteiger partial charge in [-0.2, -0.15) is 0 Å². The van der Waals surface area contributed by atoms with Crippen LogP contribution in [0.5, 0.6) is 0 Å². The number of hydrogen-bond donors (Lipinski definition) is 2. The highest BCUT2D eigenvalue weighted by atomic mass is 32.1. The Morgan fingerprint density at radius 1 is 1.21 bits per heavy atom. The topological polar surface area (TPSA) is 74.3 Å². The number of nitrogens with zero attached hydrogens (tertiary/aromatic N) is 2. The summed E-state index contributed by atoms with van der Waals surface area (Å²) in [6.07, 6.45) is 0.286. The van der Waals surface area contributed by atoms with Crippen molar-refractivity contribution < 1.29 is 9.59 Å². The number of aromatic nitrogens is 1. The molecule has 7 heteroatoms. The van der Waals surface area contributed by atoms with Crippen LogP contribution in [0.1, 0.15) is 12.6 Å². The van der Waals surface area contributed by atoms with Crippen LogP contribution in [-0.4, -0.2) is 48.9 Å². The van der Waals surface area contributed by atoms with E-state index < -0.39 is 0 Å². The molecule has 0 atom stereocenters. The molecular weight excluding hydrogens is 324 g/mol. The van der Waals surface area contributed by atoms with Gasteiger partial charge in [0, 0.05) is 36.6 Å². The highest BCUT2D eigenvalue weighted by Gasteiger charge is 2.09. The van der Waals surface area contributed by atoms with Gasteiger partial charge in [0.1, 0.15) is 5.01 Å². The van der Waals surface area contributed by atoms with Crippen molar-refractivity contribution in [1.29, 1.82) is 0 Å². The van der Waals surface area contributed by atoms with Crippen LogP contribution in [0.25, 0.3) is 10.6 Å². The lowest BCUT2D eigenvalue weighted by atomic mass is 10.2. The molecule has 0 spiro atoms. The quantitative estimate of drug-likeness (QED) is 0.804. The standard InChI is InChI=1S/C17H22N4O2S/c1-12(22)19-14-6-4-13(5-7-14)17-20-15(11-24-17)10-16(23)18-8-9-21(2)3/h4-7,11H,8-10H2,1-3H3,(H,18,23)(H,19,22).